The van der Waals surface area contributed by atoms with E-state index < -0.39 is 0 Å². The molecule has 0 aliphatic heterocycles. The van der Waals surface area contributed by atoms with E-state index in [2.05, 4.69) is 59.4 Å². The van der Waals surface area contributed by atoms with Gasteiger partial charge in [-0.15, -0.1) is 0 Å². The topological polar surface area (TPSA) is 51.8 Å². The molecule has 3 aromatic rings. The molecule has 0 spiro atoms. The summed E-state index contributed by atoms with van der Waals surface area (Å²) in [5.74, 6) is 1.44. The van der Waals surface area contributed by atoms with Gasteiger partial charge in [0.25, 0.3) is 0 Å². The lowest BCUT2D eigenvalue weighted by atomic mass is 9.98. The Balaban J connectivity index is 2.00. The van der Waals surface area contributed by atoms with Gasteiger partial charge in [0.05, 0.1) is 5.69 Å². The number of benzene rings is 2. The van der Waals surface area contributed by atoms with Crippen molar-refractivity contribution in [3.8, 4) is 11.3 Å². The highest BCUT2D eigenvalue weighted by Crippen LogP contribution is 2.27. The van der Waals surface area contributed by atoms with Crippen molar-refractivity contribution in [2.75, 3.05) is 11.5 Å². The lowest BCUT2D eigenvalue weighted by Gasteiger charge is -2.11. The molecule has 4 heteroatoms. The number of anilines is 1. The fourth-order valence-corrected chi connectivity index (χ4v) is 3.11. The first-order valence-electron chi connectivity index (χ1n) is 7.66. The van der Waals surface area contributed by atoms with Crippen molar-refractivity contribution in [1.82, 2.24) is 9.97 Å². The van der Waals surface area contributed by atoms with Crippen LogP contribution in [0.1, 0.15) is 18.1 Å². The minimum absolute atomic E-state index is 0.514. The zero-order chi connectivity index (χ0) is 16.1. The Morgan fingerprint density at radius 3 is 2.48 bits per heavy atom. The highest BCUT2D eigenvalue weighted by Gasteiger charge is 2.10. The molecule has 116 valence electrons. The van der Waals surface area contributed by atoms with Crippen molar-refractivity contribution in [3.05, 3.63) is 71.8 Å². The van der Waals surface area contributed by atoms with Crippen LogP contribution in [0, 0.1) is 0 Å². The Bertz CT molecular complexity index is 788. The molecule has 2 N–H and O–H groups in total. The predicted molar refractivity (Wildman–Crippen MR) is 97.5 cm³/mol. The first-order chi connectivity index (χ1) is 11.3. The van der Waals surface area contributed by atoms with Crippen LogP contribution in [-0.4, -0.2) is 15.7 Å². The normalized spacial score (nSPS) is 10.7. The molecule has 3 rings (SSSR count). The van der Waals surface area contributed by atoms with Crippen molar-refractivity contribution < 1.29 is 0 Å². The molecule has 0 amide bonds. The number of hydrogen-bond acceptors (Lipinski definition) is 4. The Morgan fingerprint density at radius 1 is 0.957 bits per heavy atom. The summed E-state index contributed by atoms with van der Waals surface area (Å²) >= 11 is 1.61. The average Bonchev–Trinajstić information content (AvgIpc) is 2.56. The fourth-order valence-electron chi connectivity index (χ4n) is 2.51. The first-order valence-corrected chi connectivity index (χ1v) is 8.64. The Kier molecular flexibility index (Phi) is 4.93. The maximum absolute atomic E-state index is 5.97. The van der Waals surface area contributed by atoms with Crippen molar-refractivity contribution in [3.63, 3.8) is 0 Å². The Hall–Kier alpha value is -2.33. The number of rotatable bonds is 5. The average molecular weight is 321 g/mol. The largest absolute Gasteiger partial charge is 0.384 e. The summed E-state index contributed by atoms with van der Waals surface area (Å²) in [6, 6.07) is 20.6. The summed E-state index contributed by atoms with van der Waals surface area (Å²) in [5.41, 5.74) is 10.5. The number of nitrogen functional groups attached to an aromatic ring is 1. The van der Waals surface area contributed by atoms with Gasteiger partial charge in [-0.1, -0.05) is 73.3 Å². The van der Waals surface area contributed by atoms with Gasteiger partial charge in [0, 0.05) is 11.6 Å². The molecule has 0 aliphatic carbocycles. The van der Waals surface area contributed by atoms with E-state index in [4.69, 9.17) is 5.73 Å². The molecule has 1 aromatic heterocycles. The molecule has 0 fully saturated rings. The van der Waals surface area contributed by atoms with Gasteiger partial charge in [-0.05, 0) is 23.3 Å². The number of hydrogen-bond donors (Lipinski definition) is 1. The van der Waals surface area contributed by atoms with Crippen LogP contribution in [0.4, 0.5) is 5.82 Å². The summed E-state index contributed by atoms with van der Waals surface area (Å²) in [5, 5.41) is 0.733. The van der Waals surface area contributed by atoms with Crippen LogP contribution in [0.2, 0.25) is 0 Å². The SMILES string of the molecule is CCSc1nc(N)cc(-c2ccccc2Cc2ccccc2)n1. The standard InChI is InChI=1S/C19H19N3S/c1-2-23-19-21-17(13-18(20)22-19)16-11-7-6-10-15(16)12-14-8-4-3-5-9-14/h3-11,13H,2,12H2,1H3,(H2,20,21,22). The lowest BCUT2D eigenvalue weighted by molar-refractivity contribution is 0.979. The van der Waals surface area contributed by atoms with Crippen LogP contribution < -0.4 is 5.73 Å². The minimum atomic E-state index is 0.514. The molecule has 3 nitrogen and oxygen atoms in total. The van der Waals surface area contributed by atoms with Crippen LogP contribution in [0.15, 0.2) is 65.8 Å². The summed E-state index contributed by atoms with van der Waals surface area (Å²) < 4.78 is 0. The van der Waals surface area contributed by atoms with Crippen LogP contribution >= 0.6 is 11.8 Å². The third-order valence-corrected chi connectivity index (χ3v) is 4.26. The molecular weight excluding hydrogens is 302 g/mol. The summed E-state index contributed by atoms with van der Waals surface area (Å²) in [7, 11) is 0. The Labute approximate surface area is 141 Å². The van der Waals surface area contributed by atoms with Crippen molar-refractivity contribution in [2.24, 2.45) is 0 Å². The van der Waals surface area contributed by atoms with Crippen molar-refractivity contribution in [2.45, 2.75) is 18.5 Å². The number of nitrogens with zero attached hydrogens (tertiary/aromatic N) is 2. The van der Waals surface area contributed by atoms with E-state index in [1.54, 1.807) is 11.8 Å². The molecular formula is C19H19N3S. The van der Waals surface area contributed by atoms with Gasteiger partial charge in [-0.3, -0.25) is 0 Å². The van der Waals surface area contributed by atoms with Crippen LogP contribution in [-0.2, 0) is 6.42 Å². The highest BCUT2D eigenvalue weighted by atomic mass is 32.2. The summed E-state index contributed by atoms with van der Waals surface area (Å²) in [6.07, 6.45) is 0.872. The van der Waals surface area contributed by atoms with E-state index in [0.29, 0.717) is 5.82 Å². The van der Waals surface area contributed by atoms with E-state index in [9.17, 15) is 0 Å². The molecule has 0 unspecified atom stereocenters. The van der Waals surface area contributed by atoms with Crippen LogP contribution in [0.25, 0.3) is 11.3 Å². The first kappa shape index (κ1) is 15.6. The van der Waals surface area contributed by atoms with E-state index in [1.165, 1.54) is 11.1 Å². The lowest BCUT2D eigenvalue weighted by Crippen LogP contribution is -1.99. The van der Waals surface area contributed by atoms with E-state index in [-0.39, 0.29) is 0 Å². The predicted octanol–water partition coefficient (Wildman–Crippen LogP) is 4.43. The van der Waals surface area contributed by atoms with Crippen LogP contribution in [0.3, 0.4) is 0 Å². The number of thioether (sulfide) groups is 1. The van der Waals surface area contributed by atoms with Gasteiger partial charge in [-0.25, -0.2) is 9.97 Å². The minimum Gasteiger partial charge on any atom is -0.384 e. The molecule has 2 aromatic carbocycles. The van der Waals surface area contributed by atoms with Crippen molar-refractivity contribution >= 4 is 17.6 Å². The van der Waals surface area contributed by atoms with Gasteiger partial charge in [0.1, 0.15) is 5.82 Å². The number of aromatic nitrogens is 2. The zero-order valence-electron chi connectivity index (χ0n) is 13.1. The summed E-state index contributed by atoms with van der Waals surface area (Å²) in [6.45, 7) is 2.08. The van der Waals surface area contributed by atoms with Gasteiger partial charge >= 0.3 is 0 Å². The second-order valence-electron chi connectivity index (χ2n) is 5.21. The van der Waals surface area contributed by atoms with E-state index in [1.807, 2.05) is 18.2 Å². The molecule has 0 atom stereocenters. The number of nitrogens with two attached hydrogens (primary N) is 1. The third-order valence-electron chi connectivity index (χ3n) is 3.53. The van der Waals surface area contributed by atoms with Gasteiger partial charge < -0.3 is 5.73 Å². The molecule has 0 saturated heterocycles. The van der Waals surface area contributed by atoms with Gasteiger partial charge in [-0.2, -0.15) is 0 Å². The van der Waals surface area contributed by atoms with Gasteiger partial charge in [0.15, 0.2) is 5.16 Å². The smallest absolute Gasteiger partial charge is 0.190 e. The maximum Gasteiger partial charge on any atom is 0.190 e. The van der Waals surface area contributed by atoms with Gasteiger partial charge in [0.2, 0.25) is 0 Å². The van der Waals surface area contributed by atoms with Crippen LogP contribution in [0.5, 0.6) is 0 Å². The van der Waals surface area contributed by atoms with E-state index >= 15 is 0 Å². The quantitative estimate of drug-likeness (QED) is 0.558. The molecule has 0 aliphatic rings. The fraction of sp³-hybridized carbons (Fsp3) is 0.158. The monoisotopic (exact) mass is 321 g/mol. The molecule has 0 saturated carbocycles. The molecule has 23 heavy (non-hydrogen) atoms. The maximum atomic E-state index is 5.97. The second-order valence-corrected chi connectivity index (χ2v) is 6.44. The second kappa shape index (κ2) is 7.29. The molecule has 0 radical (unpaired) electrons. The highest BCUT2D eigenvalue weighted by molar-refractivity contribution is 7.99. The zero-order valence-corrected chi connectivity index (χ0v) is 13.9. The summed E-state index contributed by atoms with van der Waals surface area (Å²) in [4.78, 5) is 8.96. The molecule has 1 heterocycles. The van der Waals surface area contributed by atoms with E-state index in [0.717, 1.165) is 28.6 Å². The van der Waals surface area contributed by atoms with Crippen molar-refractivity contribution in [1.29, 1.82) is 0 Å². The third kappa shape index (κ3) is 3.90. The Morgan fingerprint density at radius 2 is 1.70 bits per heavy atom. The molecule has 0 bridgehead atoms.